The normalized spacial score (nSPS) is 10.4. The standard InChI is InChI=1S/C15H16ClN3O2/c1-21-10-9-19(11-12-5-2-3-7-17-12)15(20)13-6-4-8-18-14(13)16/h2-8H,9-11H2,1H3. The van der Waals surface area contributed by atoms with E-state index in [4.69, 9.17) is 16.3 Å². The zero-order valence-electron chi connectivity index (χ0n) is 11.7. The van der Waals surface area contributed by atoms with E-state index in [1.807, 2.05) is 18.2 Å². The maximum atomic E-state index is 12.6. The molecule has 0 aliphatic heterocycles. The highest BCUT2D eigenvalue weighted by atomic mass is 35.5. The van der Waals surface area contributed by atoms with Crippen molar-refractivity contribution >= 4 is 17.5 Å². The van der Waals surface area contributed by atoms with Crippen molar-refractivity contribution < 1.29 is 9.53 Å². The molecule has 0 aliphatic carbocycles. The number of hydrogen-bond acceptors (Lipinski definition) is 4. The Balaban J connectivity index is 2.19. The first-order valence-electron chi connectivity index (χ1n) is 6.51. The molecule has 0 bridgehead atoms. The predicted molar refractivity (Wildman–Crippen MR) is 80.1 cm³/mol. The molecule has 2 aromatic rings. The molecule has 21 heavy (non-hydrogen) atoms. The van der Waals surface area contributed by atoms with Crippen molar-refractivity contribution in [2.75, 3.05) is 20.3 Å². The smallest absolute Gasteiger partial charge is 0.257 e. The highest BCUT2D eigenvalue weighted by Gasteiger charge is 2.19. The fourth-order valence-corrected chi connectivity index (χ4v) is 2.06. The minimum absolute atomic E-state index is 0.184. The van der Waals surface area contributed by atoms with E-state index in [9.17, 15) is 4.79 Å². The second kappa shape index (κ2) is 7.71. The lowest BCUT2D eigenvalue weighted by atomic mass is 10.2. The second-order valence-corrected chi connectivity index (χ2v) is 4.74. The molecule has 0 atom stereocenters. The summed E-state index contributed by atoms with van der Waals surface area (Å²) < 4.78 is 5.06. The molecule has 0 aliphatic rings. The molecule has 0 saturated heterocycles. The van der Waals surface area contributed by atoms with Gasteiger partial charge >= 0.3 is 0 Å². The molecule has 0 N–H and O–H groups in total. The largest absolute Gasteiger partial charge is 0.383 e. The van der Waals surface area contributed by atoms with Gasteiger partial charge in [0.15, 0.2) is 0 Å². The highest BCUT2D eigenvalue weighted by molar-refractivity contribution is 6.32. The highest BCUT2D eigenvalue weighted by Crippen LogP contribution is 2.15. The van der Waals surface area contributed by atoms with Crippen LogP contribution >= 0.6 is 11.6 Å². The van der Waals surface area contributed by atoms with Crippen molar-refractivity contribution in [2.24, 2.45) is 0 Å². The molecule has 2 rings (SSSR count). The number of carbonyl (C=O) groups excluding carboxylic acids is 1. The van der Waals surface area contributed by atoms with Crippen molar-refractivity contribution in [3.8, 4) is 0 Å². The molecule has 5 nitrogen and oxygen atoms in total. The summed E-state index contributed by atoms with van der Waals surface area (Å²) in [6.45, 7) is 1.29. The third-order valence-electron chi connectivity index (χ3n) is 2.92. The maximum absolute atomic E-state index is 12.6. The van der Waals surface area contributed by atoms with Crippen LogP contribution in [-0.4, -0.2) is 41.0 Å². The molecule has 110 valence electrons. The number of rotatable bonds is 6. The van der Waals surface area contributed by atoms with Gasteiger partial charge in [0, 0.05) is 26.0 Å². The second-order valence-electron chi connectivity index (χ2n) is 4.38. The average Bonchev–Trinajstić information content (AvgIpc) is 2.52. The monoisotopic (exact) mass is 305 g/mol. The molecule has 0 unspecified atom stereocenters. The molecule has 2 aromatic heterocycles. The number of aromatic nitrogens is 2. The predicted octanol–water partition coefficient (Wildman–Crippen LogP) is 2.42. The molecule has 0 aromatic carbocycles. The van der Waals surface area contributed by atoms with Crippen LogP contribution in [0, 0.1) is 0 Å². The molecule has 0 spiro atoms. The minimum Gasteiger partial charge on any atom is -0.383 e. The van der Waals surface area contributed by atoms with Crippen molar-refractivity contribution in [3.05, 3.63) is 59.1 Å². The Morgan fingerprint density at radius 3 is 2.71 bits per heavy atom. The van der Waals surface area contributed by atoms with Gasteiger partial charge in [0.05, 0.1) is 24.4 Å². The van der Waals surface area contributed by atoms with Gasteiger partial charge in [0.1, 0.15) is 5.15 Å². The average molecular weight is 306 g/mol. The van der Waals surface area contributed by atoms with Crippen LogP contribution in [0.3, 0.4) is 0 Å². The van der Waals surface area contributed by atoms with Gasteiger partial charge in [0.2, 0.25) is 0 Å². The quantitative estimate of drug-likeness (QED) is 0.769. The summed E-state index contributed by atoms with van der Waals surface area (Å²) >= 11 is 5.99. The summed E-state index contributed by atoms with van der Waals surface area (Å²) in [7, 11) is 1.60. The first-order chi connectivity index (χ1) is 10.2. The Labute approximate surface area is 128 Å². The van der Waals surface area contributed by atoms with Gasteiger partial charge in [-0.15, -0.1) is 0 Å². The number of hydrogen-bond donors (Lipinski definition) is 0. The van der Waals surface area contributed by atoms with Crippen molar-refractivity contribution in [2.45, 2.75) is 6.54 Å². The van der Waals surface area contributed by atoms with Crippen LogP contribution in [0.5, 0.6) is 0 Å². The Kier molecular flexibility index (Phi) is 5.66. The van der Waals surface area contributed by atoms with E-state index in [1.54, 1.807) is 36.5 Å². The van der Waals surface area contributed by atoms with E-state index >= 15 is 0 Å². The summed E-state index contributed by atoms with van der Waals surface area (Å²) in [6.07, 6.45) is 3.25. The number of ether oxygens (including phenoxy) is 1. The lowest BCUT2D eigenvalue weighted by Gasteiger charge is -2.22. The van der Waals surface area contributed by atoms with Crippen LogP contribution < -0.4 is 0 Å². The SMILES string of the molecule is COCCN(Cc1ccccn1)C(=O)c1cccnc1Cl. The number of methoxy groups -OCH3 is 1. The zero-order valence-corrected chi connectivity index (χ0v) is 12.5. The molecule has 0 radical (unpaired) electrons. The number of carbonyl (C=O) groups is 1. The topological polar surface area (TPSA) is 55.3 Å². The van der Waals surface area contributed by atoms with E-state index in [2.05, 4.69) is 9.97 Å². The molecule has 0 fully saturated rings. The van der Waals surface area contributed by atoms with Crippen molar-refractivity contribution in [1.82, 2.24) is 14.9 Å². The Morgan fingerprint density at radius 2 is 2.05 bits per heavy atom. The summed E-state index contributed by atoms with van der Waals surface area (Å²) in [5.41, 5.74) is 1.19. The summed E-state index contributed by atoms with van der Waals surface area (Å²) in [4.78, 5) is 22.4. The summed E-state index contributed by atoms with van der Waals surface area (Å²) in [5.74, 6) is -0.184. The first-order valence-corrected chi connectivity index (χ1v) is 6.89. The maximum Gasteiger partial charge on any atom is 0.257 e. The fraction of sp³-hybridized carbons (Fsp3) is 0.267. The van der Waals surface area contributed by atoms with E-state index in [1.165, 1.54) is 0 Å². The van der Waals surface area contributed by atoms with Crippen molar-refractivity contribution in [3.63, 3.8) is 0 Å². The number of halogens is 1. The lowest BCUT2D eigenvalue weighted by molar-refractivity contribution is 0.0677. The van der Waals surface area contributed by atoms with E-state index in [0.29, 0.717) is 25.3 Å². The minimum atomic E-state index is -0.184. The van der Waals surface area contributed by atoms with Crippen LogP contribution in [0.2, 0.25) is 5.15 Å². The van der Waals surface area contributed by atoms with E-state index < -0.39 is 0 Å². The Bertz CT molecular complexity index is 592. The van der Waals surface area contributed by atoms with Gasteiger partial charge in [-0.25, -0.2) is 4.98 Å². The Hall–Kier alpha value is -1.98. The molecule has 2 heterocycles. The van der Waals surface area contributed by atoms with Crippen LogP contribution in [0.4, 0.5) is 0 Å². The van der Waals surface area contributed by atoms with E-state index in [0.717, 1.165) is 5.69 Å². The van der Waals surface area contributed by atoms with Crippen molar-refractivity contribution in [1.29, 1.82) is 0 Å². The van der Waals surface area contributed by atoms with Crippen LogP contribution in [0.15, 0.2) is 42.7 Å². The molecule has 0 saturated carbocycles. The third kappa shape index (κ3) is 4.24. The van der Waals surface area contributed by atoms with Gasteiger partial charge in [-0.2, -0.15) is 0 Å². The molecular formula is C15H16ClN3O2. The lowest BCUT2D eigenvalue weighted by Crippen LogP contribution is -2.34. The van der Waals surface area contributed by atoms with Crippen LogP contribution in [0.25, 0.3) is 0 Å². The van der Waals surface area contributed by atoms with E-state index in [-0.39, 0.29) is 11.1 Å². The molecular weight excluding hydrogens is 290 g/mol. The van der Waals surface area contributed by atoms with Gasteiger partial charge in [-0.05, 0) is 24.3 Å². The Morgan fingerprint density at radius 1 is 1.24 bits per heavy atom. The van der Waals surface area contributed by atoms with Gasteiger partial charge in [0.25, 0.3) is 5.91 Å². The van der Waals surface area contributed by atoms with Crippen LogP contribution in [0.1, 0.15) is 16.1 Å². The summed E-state index contributed by atoms with van der Waals surface area (Å²) in [6, 6.07) is 8.95. The van der Waals surface area contributed by atoms with Gasteiger partial charge in [-0.1, -0.05) is 17.7 Å². The summed E-state index contributed by atoms with van der Waals surface area (Å²) in [5, 5.41) is 0.200. The van der Waals surface area contributed by atoms with Crippen LogP contribution in [-0.2, 0) is 11.3 Å². The van der Waals surface area contributed by atoms with Gasteiger partial charge < -0.3 is 9.64 Å². The number of nitrogens with zero attached hydrogens (tertiary/aromatic N) is 3. The fourth-order valence-electron chi connectivity index (χ4n) is 1.86. The third-order valence-corrected chi connectivity index (χ3v) is 3.22. The molecule has 1 amide bonds. The zero-order chi connectivity index (χ0) is 15.1. The number of amides is 1. The van der Waals surface area contributed by atoms with Gasteiger partial charge in [-0.3, -0.25) is 9.78 Å². The molecule has 6 heteroatoms. The first kappa shape index (κ1) is 15.4. The number of pyridine rings is 2.